The second-order valence-electron chi connectivity index (χ2n) is 3.27. The maximum absolute atomic E-state index is 13.3. The summed E-state index contributed by atoms with van der Waals surface area (Å²) in [5, 5.41) is -8.57. The van der Waals surface area contributed by atoms with Crippen molar-refractivity contribution in [1.82, 2.24) is 0 Å². The molecule has 0 saturated carbocycles. The van der Waals surface area contributed by atoms with Gasteiger partial charge in [0.1, 0.15) is 0 Å². The van der Waals surface area contributed by atoms with Crippen LogP contribution in [-0.2, 0) is 4.74 Å². The molecule has 0 amide bonds. The predicted molar refractivity (Wildman–Crippen MR) is 60.9 cm³/mol. The highest BCUT2D eigenvalue weighted by Crippen LogP contribution is 2.54. The Morgan fingerprint density at radius 3 is 1.47 bits per heavy atom. The van der Waals surface area contributed by atoms with E-state index >= 15 is 0 Å². The molecule has 2 unspecified atom stereocenters. The second-order valence-corrected chi connectivity index (χ2v) is 6.63. The largest absolute Gasteiger partial charge is 0.427 e. The highest BCUT2D eigenvalue weighted by Gasteiger charge is 2.73. The van der Waals surface area contributed by atoms with Gasteiger partial charge in [-0.05, 0) is 18.0 Å². The normalized spacial score (nSPS) is 20.8. The van der Waals surface area contributed by atoms with Crippen LogP contribution in [0.25, 0.3) is 0 Å². The highest BCUT2D eigenvalue weighted by molar-refractivity contribution is 6.70. The molecule has 12 heteroatoms. The fraction of sp³-hybridized carbons (Fsp3) is 1.00. The van der Waals surface area contributed by atoms with Crippen molar-refractivity contribution in [3.8, 4) is 0 Å². The molecule has 0 aliphatic carbocycles. The lowest BCUT2D eigenvalue weighted by atomic mass is 10.1. The molecule has 0 N–H and O–H groups in total. The molecule has 0 aromatic rings. The Morgan fingerprint density at radius 2 is 1.21 bits per heavy atom. The van der Waals surface area contributed by atoms with Crippen LogP contribution in [0, 0.1) is 0 Å². The van der Waals surface area contributed by atoms with Crippen molar-refractivity contribution in [2.45, 2.75) is 39.6 Å². The van der Waals surface area contributed by atoms with Crippen LogP contribution in [0.3, 0.4) is 0 Å². The molecule has 0 rings (SSSR count). The fourth-order valence-electron chi connectivity index (χ4n) is 0.718. The molecule has 2 atom stereocenters. The third-order valence-electron chi connectivity index (χ3n) is 1.86. The van der Waals surface area contributed by atoms with Crippen LogP contribution < -0.4 is 0 Å². The zero-order valence-corrected chi connectivity index (χ0v) is 12.6. The standard InChI is InChI=1S/C7H5Cl5F6O/c1-2-3(8,13)4(14,15)7(17,18)19-6(12,16)5(9,10)11/h2H2,1H3. The Bertz CT molecular complexity index is 328. The molecule has 0 aromatic heterocycles. The SMILES string of the molecule is CCC(F)(Cl)C(F)(F)C(F)(F)OC(F)(Cl)C(Cl)(Cl)Cl. The molecule has 0 aliphatic rings. The van der Waals surface area contributed by atoms with E-state index in [0.717, 1.165) is 6.92 Å². The van der Waals surface area contributed by atoms with Crippen molar-refractivity contribution in [3.63, 3.8) is 0 Å². The van der Waals surface area contributed by atoms with E-state index in [-0.39, 0.29) is 0 Å². The van der Waals surface area contributed by atoms with Crippen molar-refractivity contribution in [3.05, 3.63) is 0 Å². The molecule has 0 fully saturated rings. The first-order chi connectivity index (χ1) is 8.02. The Labute approximate surface area is 129 Å². The van der Waals surface area contributed by atoms with E-state index in [1.165, 1.54) is 0 Å². The van der Waals surface area contributed by atoms with Crippen molar-refractivity contribution < 1.29 is 31.1 Å². The topological polar surface area (TPSA) is 9.23 Å². The van der Waals surface area contributed by atoms with Gasteiger partial charge in [0.25, 0.3) is 8.92 Å². The van der Waals surface area contributed by atoms with E-state index in [2.05, 4.69) is 27.9 Å². The third-order valence-corrected chi connectivity index (χ3v) is 3.74. The third kappa shape index (κ3) is 4.01. The monoisotopic (exact) mass is 394 g/mol. The molecule has 0 bridgehead atoms. The van der Waals surface area contributed by atoms with Crippen LogP contribution >= 0.6 is 58.0 Å². The quantitative estimate of drug-likeness (QED) is 0.423. The van der Waals surface area contributed by atoms with Crippen LogP contribution in [0.2, 0.25) is 0 Å². The molecule has 1 nitrogen and oxygen atoms in total. The van der Waals surface area contributed by atoms with E-state index in [1.807, 2.05) is 0 Å². The predicted octanol–water partition coefficient (Wildman–Crippen LogP) is 5.78. The average molecular weight is 396 g/mol. The van der Waals surface area contributed by atoms with Gasteiger partial charge < -0.3 is 0 Å². The first kappa shape index (κ1) is 20.0. The first-order valence-corrected chi connectivity index (χ1v) is 6.19. The summed E-state index contributed by atoms with van der Waals surface area (Å²) >= 11 is 23.7. The minimum atomic E-state index is -5.78. The van der Waals surface area contributed by atoms with Gasteiger partial charge in [0, 0.05) is 0 Å². The number of rotatable bonds is 5. The van der Waals surface area contributed by atoms with Crippen LogP contribution in [0.1, 0.15) is 13.3 Å². The van der Waals surface area contributed by atoms with E-state index in [1.54, 1.807) is 0 Å². The first-order valence-electron chi connectivity index (χ1n) is 4.30. The summed E-state index contributed by atoms with van der Waals surface area (Å²) in [4.78, 5) is 0. The van der Waals surface area contributed by atoms with Gasteiger partial charge in [-0.3, -0.25) is 4.74 Å². The number of hydrogen-bond acceptors (Lipinski definition) is 1. The van der Waals surface area contributed by atoms with Gasteiger partial charge in [-0.1, -0.05) is 53.3 Å². The average Bonchev–Trinajstić information content (AvgIpc) is 2.13. The summed E-state index contributed by atoms with van der Waals surface area (Å²) in [6.45, 7) is 0.745. The number of alkyl halides is 11. The Hall–Kier alpha value is 0.990. The lowest BCUT2D eigenvalue weighted by Gasteiger charge is -2.36. The van der Waals surface area contributed by atoms with E-state index in [9.17, 15) is 26.3 Å². The number of halogens is 11. The highest BCUT2D eigenvalue weighted by atomic mass is 35.6. The summed E-state index contributed by atoms with van der Waals surface area (Å²) in [7, 11) is 0. The summed E-state index contributed by atoms with van der Waals surface area (Å²) in [6.07, 6.45) is -7.02. The molecular weight excluding hydrogens is 391 g/mol. The summed E-state index contributed by atoms with van der Waals surface area (Å²) in [6, 6.07) is 0. The Kier molecular flexibility index (Phi) is 5.94. The maximum Gasteiger partial charge on any atom is 0.427 e. The van der Waals surface area contributed by atoms with E-state index < -0.39 is 32.7 Å². The zero-order chi connectivity index (χ0) is 15.9. The van der Waals surface area contributed by atoms with Gasteiger partial charge in [0.15, 0.2) is 0 Å². The maximum atomic E-state index is 13.3. The molecule has 0 spiro atoms. The van der Waals surface area contributed by atoms with Crippen molar-refractivity contribution in [2.75, 3.05) is 0 Å². The van der Waals surface area contributed by atoms with Crippen LogP contribution in [-0.4, -0.2) is 26.3 Å². The molecule has 0 saturated heterocycles. The molecule has 0 aliphatic heterocycles. The number of hydrogen-bond donors (Lipinski definition) is 0. The van der Waals surface area contributed by atoms with Crippen LogP contribution in [0.5, 0.6) is 0 Å². The summed E-state index contributed by atoms with van der Waals surface area (Å²) in [5.41, 5.74) is 0. The van der Waals surface area contributed by atoms with Crippen molar-refractivity contribution >= 4 is 58.0 Å². The molecule has 0 aromatic carbocycles. The van der Waals surface area contributed by atoms with Gasteiger partial charge in [-0.2, -0.15) is 22.0 Å². The van der Waals surface area contributed by atoms with E-state index in [4.69, 9.17) is 34.8 Å². The summed E-state index contributed by atoms with van der Waals surface area (Å²) in [5.74, 6) is -5.64. The smallest absolute Gasteiger partial charge is 0.261 e. The molecule has 19 heavy (non-hydrogen) atoms. The Morgan fingerprint density at radius 1 is 0.842 bits per heavy atom. The minimum Gasteiger partial charge on any atom is -0.261 e. The van der Waals surface area contributed by atoms with E-state index in [0.29, 0.717) is 0 Å². The van der Waals surface area contributed by atoms with Crippen molar-refractivity contribution in [2.24, 2.45) is 0 Å². The van der Waals surface area contributed by atoms with Gasteiger partial charge >= 0.3 is 17.3 Å². The van der Waals surface area contributed by atoms with Gasteiger partial charge in [0.2, 0.25) is 0 Å². The van der Waals surface area contributed by atoms with Crippen molar-refractivity contribution in [1.29, 1.82) is 0 Å². The lowest BCUT2D eigenvalue weighted by molar-refractivity contribution is -0.400. The second kappa shape index (κ2) is 5.65. The fourth-order valence-corrected chi connectivity index (χ4v) is 1.04. The minimum absolute atomic E-state index is 0.745. The number of ether oxygens (including phenoxy) is 1. The summed E-state index contributed by atoms with van der Waals surface area (Å²) < 4.78 is 78.6. The lowest BCUT2D eigenvalue weighted by Crippen LogP contribution is -2.58. The van der Waals surface area contributed by atoms with Crippen LogP contribution in [0.4, 0.5) is 26.3 Å². The Balaban J connectivity index is 5.42. The van der Waals surface area contributed by atoms with Gasteiger partial charge in [-0.15, -0.1) is 0 Å². The molecule has 0 heterocycles. The zero-order valence-electron chi connectivity index (χ0n) is 8.77. The van der Waals surface area contributed by atoms with Crippen LogP contribution in [0.15, 0.2) is 0 Å². The molecule has 116 valence electrons. The molecular formula is C7H5Cl5F6O. The van der Waals surface area contributed by atoms with Gasteiger partial charge in [-0.25, -0.2) is 4.39 Å². The molecule has 0 radical (unpaired) electrons. The van der Waals surface area contributed by atoms with Gasteiger partial charge in [0.05, 0.1) is 0 Å².